The van der Waals surface area contributed by atoms with Crippen molar-refractivity contribution >= 4 is 23.3 Å². The summed E-state index contributed by atoms with van der Waals surface area (Å²) in [6.45, 7) is 4.79. The van der Waals surface area contributed by atoms with Gasteiger partial charge in [0.1, 0.15) is 5.01 Å². The summed E-state index contributed by atoms with van der Waals surface area (Å²) in [5.41, 5.74) is 6.62. The van der Waals surface area contributed by atoms with Crippen LogP contribution in [0.4, 0.5) is 0 Å². The molecule has 1 aromatic carbocycles. The van der Waals surface area contributed by atoms with E-state index in [-0.39, 0.29) is 12.0 Å². The summed E-state index contributed by atoms with van der Waals surface area (Å²) in [5.74, 6) is 0.680. The van der Waals surface area contributed by atoms with Crippen LogP contribution in [0.15, 0.2) is 51.9 Å². The van der Waals surface area contributed by atoms with Gasteiger partial charge in [-0.05, 0) is 36.6 Å². The van der Waals surface area contributed by atoms with Crippen LogP contribution in [0.3, 0.4) is 0 Å². The fourth-order valence-corrected chi connectivity index (χ4v) is 4.83. The van der Waals surface area contributed by atoms with Crippen molar-refractivity contribution in [2.45, 2.75) is 25.8 Å². The van der Waals surface area contributed by atoms with E-state index < -0.39 is 0 Å². The molecule has 0 spiro atoms. The smallest absolute Gasteiger partial charge is 0.212 e. The number of benzene rings is 1. The van der Waals surface area contributed by atoms with E-state index in [1.165, 1.54) is 5.56 Å². The third-order valence-electron chi connectivity index (χ3n) is 5.34. The highest BCUT2D eigenvalue weighted by Gasteiger charge is 2.32. The van der Waals surface area contributed by atoms with Gasteiger partial charge in [0.25, 0.3) is 0 Å². The zero-order chi connectivity index (χ0) is 21.1. The van der Waals surface area contributed by atoms with Gasteiger partial charge < -0.3 is 4.74 Å². The average Bonchev–Trinajstić information content (AvgIpc) is 3.23. The summed E-state index contributed by atoms with van der Waals surface area (Å²) in [5, 5.41) is 6.71. The van der Waals surface area contributed by atoms with Gasteiger partial charge in [0, 0.05) is 48.2 Å². The van der Waals surface area contributed by atoms with Crippen LogP contribution in [-0.2, 0) is 0 Å². The third-order valence-corrected chi connectivity index (χ3v) is 6.27. The lowest BCUT2D eigenvalue weighted by Crippen LogP contribution is -2.35. The first-order valence-electron chi connectivity index (χ1n) is 9.83. The van der Waals surface area contributed by atoms with E-state index in [0.29, 0.717) is 12.5 Å². The Morgan fingerprint density at radius 3 is 2.80 bits per heavy atom. The minimum absolute atomic E-state index is 0.0690. The number of hydrogen-bond donors (Lipinski definition) is 1. The van der Waals surface area contributed by atoms with Gasteiger partial charge >= 0.3 is 0 Å². The maximum Gasteiger partial charge on any atom is 0.212 e. The molecule has 0 fully saturated rings. The monoisotopic (exact) mass is 419 g/mol. The van der Waals surface area contributed by atoms with E-state index in [9.17, 15) is 0 Å². The molecule has 1 aliphatic heterocycles. The predicted molar refractivity (Wildman–Crippen MR) is 123 cm³/mol. The van der Waals surface area contributed by atoms with Crippen LogP contribution < -0.4 is 10.1 Å². The number of rotatable bonds is 5. The molecular formula is C23H25N5OS. The first-order chi connectivity index (χ1) is 14.6. The Labute approximate surface area is 180 Å². The molecule has 2 aromatic heterocycles. The summed E-state index contributed by atoms with van der Waals surface area (Å²) in [6, 6.07) is 10.4. The van der Waals surface area contributed by atoms with Gasteiger partial charge in [-0.1, -0.05) is 18.2 Å². The van der Waals surface area contributed by atoms with Crippen LogP contribution in [-0.4, -0.2) is 42.7 Å². The molecule has 6 nitrogen and oxygen atoms in total. The molecule has 0 saturated carbocycles. The average molecular weight is 420 g/mol. The van der Waals surface area contributed by atoms with Gasteiger partial charge in [-0.25, -0.2) is 9.97 Å². The molecule has 0 amide bonds. The summed E-state index contributed by atoms with van der Waals surface area (Å²) >= 11 is 1.68. The molecule has 0 radical (unpaired) electrons. The van der Waals surface area contributed by atoms with E-state index in [1.807, 2.05) is 18.5 Å². The van der Waals surface area contributed by atoms with Gasteiger partial charge in [-0.2, -0.15) is 0 Å². The molecule has 3 aromatic rings. The Kier molecular flexibility index (Phi) is 6.01. The Morgan fingerprint density at radius 2 is 2.10 bits per heavy atom. The lowest BCUT2D eigenvalue weighted by Gasteiger charge is -2.30. The van der Waals surface area contributed by atoms with Gasteiger partial charge in [0.05, 0.1) is 25.4 Å². The number of aryl methyl sites for hydroxylation is 1. The zero-order valence-corrected chi connectivity index (χ0v) is 18.4. The van der Waals surface area contributed by atoms with Crippen molar-refractivity contribution in [3.8, 4) is 17.1 Å². The number of hydrogen-bond acceptors (Lipinski definition) is 7. The fourth-order valence-electron chi connectivity index (χ4n) is 3.81. The van der Waals surface area contributed by atoms with Crippen LogP contribution in [0.2, 0.25) is 0 Å². The van der Waals surface area contributed by atoms with Crippen molar-refractivity contribution < 1.29 is 4.74 Å². The van der Waals surface area contributed by atoms with Crippen LogP contribution >= 0.6 is 11.3 Å². The number of aliphatic imine (C=N–C) groups is 2. The van der Waals surface area contributed by atoms with E-state index in [4.69, 9.17) is 9.72 Å². The normalized spacial score (nSPS) is 19.1. The largest absolute Gasteiger partial charge is 0.481 e. The second-order valence-electron chi connectivity index (χ2n) is 7.28. The quantitative estimate of drug-likeness (QED) is 0.622. The maximum atomic E-state index is 5.20. The number of methoxy groups -OCH3 is 1. The number of pyridine rings is 1. The fraction of sp³-hybridized carbons (Fsp3) is 0.304. The molecule has 4 rings (SSSR count). The van der Waals surface area contributed by atoms with E-state index in [0.717, 1.165) is 33.1 Å². The van der Waals surface area contributed by atoms with Crippen LogP contribution in [0.25, 0.3) is 11.3 Å². The van der Waals surface area contributed by atoms with Crippen molar-refractivity contribution in [1.29, 1.82) is 0 Å². The molecule has 7 heteroatoms. The molecule has 2 atom stereocenters. The van der Waals surface area contributed by atoms with Crippen LogP contribution in [0.5, 0.6) is 5.88 Å². The molecule has 0 bridgehead atoms. The number of nitrogens with zero attached hydrogens (tertiary/aromatic N) is 4. The lowest BCUT2D eigenvalue weighted by atomic mass is 9.89. The van der Waals surface area contributed by atoms with Gasteiger partial charge in [0.15, 0.2) is 0 Å². The third kappa shape index (κ3) is 4.04. The lowest BCUT2D eigenvalue weighted by molar-refractivity contribution is 0.396. The molecular weight excluding hydrogens is 394 g/mol. The molecule has 0 aliphatic carbocycles. The van der Waals surface area contributed by atoms with E-state index in [2.05, 4.69) is 63.8 Å². The van der Waals surface area contributed by atoms with Crippen molar-refractivity contribution in [3.05, 3.63) is 63.6 Å². The van der Waals surface area contributed by atoms with Gasteiger partial charge in [-0.15, -0.1) is 11.3 Å². The summed E-state index contributed by atoms with van der Waals surface area (Å²) < 4.78 is 5.20. The number of ether oxygens (including phenoxy) is 1. The Hall–Kier alpha value is -2.90. The highest BCUT2D eigenvalue weighted by Crippen LogP contribution is 2.38. The van der Waals surface area contributed by atoms with Gasteiger partial charge in [0.2, 0.25) is 5.88 Å². The Balaban J connectivity index is 1.67. The molecule has 30 heavy (non-hydrogen) atoms. The Morgan fingerprint density at radius 1 is 1.23 bits per heavy atom. The summed E-state index contributed by atoms with van der Waals surface area (Å²) in [7, 11) is 3.41. The molecule has 2 unspecified atom stereocenters. The molecule has 0 saturated heterocycles. The SMILES string of the molecule is CN=Cc1ccc(-c2csc(C3C(C)=NCNC3c3ccc(OC)nc3)n2)c(C)c1. The Bertz CT molecular complexity index is 1090. The van der Waals surface area contributed by atoms with E-state index >= 15 is 0 Å². The highest BCUT2D eigenvalue weighted by atomic mass is 32.1. The molecule has 1 aliphatic rings. The predicted octanol–water partition coefficient (Wildman–Crippen LogP) is 4.42. The van der Waals surface area contributed by atoms with Crippen molar-refractivity contribution in [2.75, 3.05) is 20.8 Å². The second-order valence-corrected chi connectivity index (χ2v) is 8.17. The van der Waals surface area contributed by atoms with Gasteiger partial charge in [-0.3, -0.25) is 15.3 Å². The molecule has 154 valence electrons. The number of aromatic nitrogens is 2. The minimum Gasteiger partial charge on any atom is -0.481 e. The second kappa shape index (κ2) is 8.85. The number of nitrogens with one attached hydrogen (secondary N) is 1. The first-order valence-corrected chi connectivity index (χ1v) is 10.7. The summed E-state index contributed by atoms with van der Waals surface area (Å²) in [4.78, 5) is 18.1. The minimum atomic E-state index is 0.0690. The summed E-state index contributed by atoms with van der Waals surface area (Å²) in [6.07, 6.45) is 3.74. The van der Waals surface area contributed by atoms with Crippen LogP contribution in [0.1, 0.15) is 40.6 Å². The van der Waals surface area contributed by atoms with E-state index in [1.54, 1.807) is 25.5 Å². The first kappa shape index (κ1) is 20.4. The molecule has 3 heterocycles. The standard InChI is InChI=1S/C23H25N5OS/c1-14-9-16(10-24-3)5-7-18(14)19-12-30-23(28-19)21-15(2)26-13-27-22(21)17-6-8-20(29-4)25-11-17/h5-12,21-22,27H,13H2,1-4H3. The van der Waals surface area contributed by atoms with Crippen molar-refractivity contribution in [2.24, 2.45) is 9.98 Å². The topological polar surface area (TPSA) is 71.8 Å². The zero-order valence-electron chi connectivity index (χ0n) is 17.6. The molecule has 1 N–H and O–H groups in total. The van der Waals surface area contributed by atoms with Crippen molar-refractivity contribution in [3.63, 3.8) is 0 Å². The van der Waals surface area contributed by atoms with Crippen molar-refractivity contribution in [1.82, 2.24) is 15.3 Å². The van der Waals surface area contributed by atoms with Crippen LogP contribution in [0, 0.1) is 6.92 Å². The number of thiazole rings is 1. The highest BCUT2D eigenvalue weighted by molar-refractivity contribution is 7.10. The maximum absolute atomic E-state index is 5.20.